The number of rotatable bonds is 4. The van der Waals surface area contributed by atoms with E-state index in [2.05, 4.69) is 4.98 Å². The highest BCUT2D eigenvalue weighted by molar-refractivity contribution is 7.13. The summed E-state index contributed by atoms with van der Waals surface area (Å²) >= 11 is 0.834. The van der Waals surface area contributed by atoms with Crippen molar-refractivity contribution >= 4 is 29.0 Å². The van der Waals surface area contributed by atoms with Crippen molar-refractivity contribution in [1.82, 2.24) is 9.55 Å². The van der Waals surface area contributed by atoms with Crippen LogP contribution < -0.4 is 0 Å². The molecule has 2 aromatic heterocycles. The molecule has 20 heavy (non-hydrogen) atoms. The molecule has 2 aromatic rings. The quantitative estimate of drug-likeness (QED) is 0.643. The maximum absolute atomic E-state index is 11.2. The summed E-state index contributed by atoms with van der Waals surface area (Å²) in [5.74, 6) is -2.65. The molecule has 0 spiro atoms. The Morgan fingerprint density at radius 1 is 1.40 bits per heavy atom. The van der Waals surface area contributed by atoms with Crippen molar-refractivity contribution < 1.29 is 24.7 Å². The lowest BCUT2D eigenvalue weighted by atomic mass is 10.2. The third-order valence-electron chi connectivity index (χ3n) is 2.50. The van der Waals surface area contributed by atoms with Crippen molar-refractivity contribution in [3.63, 3.8) is 0 Å². The molecule has 0 amide bonds. The monoisotopic (exact) mass is 297 g/mol. The van der Waals surface area contributed by atoms with Gasteiger partial charge in [0, 0.05) is 12.4 Å². The van der Waals surface area contributed by atoms with Crippen molar-refractivity contribution in [2.75, 3.05) is 0 Å². The number of aromatic nitrogens is 2. The molecule has 104 valence electrons. The second-order valence-electron chi connectivity index (χ2n) is 3.75. The number of carboxylic acid groups (broad SMARTS) is 2. The van der Waals surface area contributed by atoms with Gasteiger partial charge < -0.3 is 14.8 Å². The molecular weight excluding hydrogens is 290 g/mol. The third kappa shape index (κ3) is 2.12. The van der Waals surface area contributed by atoms with Gasteiger partial charge in [0.15, 0.2) is 5.69 Å². The van der Waals surface area contributed by atoms with Crippen LogP contribution in [0.2, 0.25) is 0 Å². The molecule has 0 fully saturated rings. The van der Waals surface area contributed by atoms with Crippen LogP contribution in [0.15, 0.2) is 11.6 Å². The summed E-state index contributed by atoms with van der Waals surface area (Å²) in [6.07, 6.45) is 1.06. The van der Waals surface area contributed by atoms with E-state index in [0.717, 1.165) is 22.1 Å². The molecule has 0 saturated heterocycles. The minimum atomic E-state index is -1.36. The zero-order valence-corrected chi connectivity index (χ0v) is 10.7. The number of carboxylic acids is 2. The number of nitrogens with zero attached hydrogens (tertiary/aromatic N) is 3. The number of nitro groups is 1. The summed E-state index contributed by atoms with van der Waals surface area (Å²) in [7, 11) is 1.35. The molecule has 2 N–H and O–H groups in total. The SMILES string of the molecule is Cn1cc([N+](=O)[O-])c(-c2nc(C(=O)O)cs2)c1C(=O)O. The number of aryl methyl sites for hydroxylation is 1. The molecule has 0 radical (unpaired) electrons. The predicted octanol–water partition coefficient (Wildman–Crippen LogP) is 1.45. The highest BCUT2D eigenvalue weighted by Crippen LogP contribution is 2.36. The van der Waals surface area contributed by atoms with Crippen molar-refractivity contribution in [3.05, 3.63) is 33.1 Å². The minimum absolute atomic E-state index is 0.0212. The Labute approximate surface area is 114 Å². The molecule has 0 aliphatic carbocycles. The molecule has 0 atom stereocenters. The first-order chi connectivity index (χ1) is 9.32. The van der Waals surface area contributed by atoms with E-state index in [-0.39, 0.29) is 22.0 Å². The highest BCUT2D eigenvalue weighted by atomic mass is 32.1. The normalized spacial score (nSPS) is 10.4. The lowest BCUT2D eigenvalue weighted by Crippen LogP contribution is -2.05. The summed E-state index contributed by atoms with van der Waals surface area (Å²) in [6.45, 7) is 0. The van der Waals surface area contributed by atoms with Crippen molar-refractivity contribution in [1.29, 1.82) is 0 Å². The second-order valence-corrected chi connectivity index (χ2v) is 4.61. The van der Waals surface area contributed by atoms with Gasteiger partial charge in [-0.3, -0.25) is 10.1 Å². The van der Waals surface area contributed by atoms with Crippen LogP contribution in [0, 0.1) is 10.1 Å². The van der Waals surface area contributed by atoms with Crippen LogP contribution in [-0.4, -0.2) is 36.6 Å². The topological polar surface area (TPSA) is 136 Å². The molecule has 9 nitrogen and oxygen atoms in total. The van der Waals surface area contributed by atoms with Gasteiger partial charge in [0.2, 0.25) is 0 Å². The van der Waals surface area contributed by atoms with Crippen molar-refractivity contribution in [2.45, 2.75) is 0 Å². The number of aromatic carboxylic acids is 2. The van der Waals surface area contributed by atoms with Gasteiger partial charge in [-0.1, -0.05) is 0 Å². The summed E-state index contributed by atoms with van der Waals surface area (Å²) in [5.41, 5.74) is -1.24. The molecular formula is C10H7N3O6S. The number of carbonyl (C=O) groups is 2. The number of hydrogen-bond donors (Lipinski definition) is 2. The van der Waals surface area contributed by atoms with Gasteiger partial charge in [0.1, 0.15) is 16.3 Å². The largest absolute Gasteiger partial charge is 0.477 e. The molecule has 0 unspecified atom stereocenters. The van der Waals surface area contributed by atoms with Crippen LogP contribution in [0.5, 0.6) is 0 Å². The molecule has 0 aromatic carbocycles. The molecule has 2 heterocycles. The Hall–Kier alpha value is -2.75. The molecule has 0 aliphatic heterocycles. The van der Waals surface area contributed by atoms with E-state index in [0.29, 0.717) is 0 Å². The molecule has 2 rings (SSSR count). The summed E-state index contributed by atoms with van der Waals surface area (Å²) in [4.78, 5) is 36.0. The summed E-state index contributed by atoms with van der Waals surface area (Å²) in [6, 6.07) is 0. The zero-order valence-electron chi connectivity index (χ0n) is 9.93. The van der Waals surface area contributed by atoms with Crippen LogP contribution >= 0.6 is 11.3 Å². The molecule has 0 saturated carbocycles. The molecule has 0 bridgehead atoms. The van der Waals surface area contributed by atoms with E-state index in [4.69, 9.17) is 10.2 Å². The summed E-state index contributed by atoms with van der Waals surface area (Å²) in [5, 5.41) is 30.1. The Balaban J connectivity index is 2.72. The fourth-order valence-electron chi connectivity index (χ4n) is 1.70. The lowest BCUT2D eigenvalue weighted by Gasteiger charge is -1.98. The van der Waals surface area contributed by atoms with E-state index in [9.17, 15) is 19.7 Å². The third-order valence-corrected chi connectivity index (χ3v) is 3.36. The minimum Gasteiger partial charge on any atom is -0.477 e. The van der Waals surface area contributed by atoms with Crippen molar-refractivity contribution in [3.8, 4) is 10.6 Å². The van der Waals surface area contributed by atoms with Crippen LogP contribution in [-0.2, 0) is 7.05 Å². The first kappa shape index (κ1) is 13.7. The van der Waals surface area contributed by atoms with Gasteiger partial charge in [-0.05, 0) is 0 Å². The average Bonchev–Trinajstić information content (AvgIpc) is 2.91. The second kappa shape index (κ2) is 4.74. The lowest BCUT2D eigenvalue weighted by molar-refractivity contribution is -0.384. The van der Waals surface area contributed by atoms with Gasteiger partial charge >= 0.3 is 11.9 Å². The zero-order chi connectivity index (χ0) is 15.0. The fraction of sp³-hybridized carbons (Fsp3) is 0.100. The van der Waals surface area contributed by atoms with E-state index in [1.165, 1.54) is 12.4 Å². The highest BCUT2D eigenvalue weighted by Gasteiger charge is 2.30. The van der Waals surface area contributed by atoms with Crippen molar-refractivity contribution in [2.24, 2.45) is 7.05 Å². The smallest absolute Gasteiger partial charge is 0.355 e. The van der Waals surface area contributed by atoms with Crippen LogP contribution in [0.3, 0.4) is 0 Å². The Morgan fingerprint density at radius 2 is 2.05 bits per heavy atom. The van der Waals surface area contributed by atoms with Gasteiger partial charge in [-0.25, -0.2) is 14.6 Å². The van der Waals surface area contributed by atoms with Gasteiger partial charge in [0.05, 0.1) is 11.1 Å². The first-order valence-corrected chi connectivity index (χ1v) is 5.97. The predicted molar refractivity (Wildman–Crippen MR) is 67.1 cm³/mol. The number of thiazole rings is 1. The maximum Gasteiger partial charge on any atom is 0.355 e. The van der Waals surface area contributed by atoms with E-state index < -0.39 is 22.5 Å². The van der Waals surface area contributed by atoms with Crippen LogP contribution in [0.25, 0.3) is 10.6 Å². The summed E-state index contributed by atoms with van der Waals surface area (Å²) < 4.78 is 1.09. The van der Waals surface area contributed by atoms with Crippen LogP contribution in [0.4, 0.5) is 5.69 Å². The molecule has 0 aliphatic rings. The maximum atomic E-state index is 11.2. The standard InChI is InChI=1S/C10H7N3O6S/c1-12-2-5(13(18)19)6(7(12)10(16)17)8-11-4(3-20-8)9(14)15/h2-3H,1H3,(H,14,15)(H,16,17). The van der Waals surface area contributed by atoms with E-state index in [1.807, 2.05) is 0 Å². The Kier molecular flexibility index (Phi) is 3.24. The van der Waals surface area contributed by atoms with E-state index >= 15 is 0 Å². The Bertz CT molecular complexity index is 731. The van der Waals surface area contributed by atoms with Gasteiger partial charge in [-0.15, -0.1) is 11.3 Å². The number of hydrogen-bond acceptors (Lipinski definition) is 6. The van der Waals surface area contributed by atoms with Gasteiger partial charge in [0.25, 0.3) is 5.69 Å². The Morgan fingerprint density at radius 3 is 2.50 bits per heavy atom. The molecule has 10 heteroatoms. The van der Waals surface area contributed by atoms with Crippen LogP contribution in [0.1, 0.15) is 21.0 Å². The average molecular weight is 297 g/mol. The van der Waals surface area contributed by atoms with Gasteiger partial charge in [-0.2, -0.15) is 0 Å². The fourth-order valence-corrected chi connectivity index (χ4v) is 2.55. The first-order valence-electron chi connectivity index (χ1n) is 5.09. The van der Waals surface area contributed by atoms with E-state index in [1.54, 1.807) is 0 Å².